The summed E-state index contributed by atoms with van der Waals surface area (Å²) < 4.78 is 31.8. The molecule has 2 aromatic carbocycles. The molecule has 2 amide bonds. The molecule has 10 heteroatoms. The van der Waals surface area contributed by atoms with Crippen LogP contribution in [0.25, 0.3) is 0 Å². The van der Waals surface area contributed by atoms with Gasteiger partial charge in [-0.1, -0.05) is 23.7 Å². The molecule has 0 saturated heterocycles. The molecular weight excluding hydrogens is 406 g/mol. The van der Waals surface area contributed by atoms with Crippen molar-refractivity contribution in [1.82, 2.24) is 10.2 Å². The molecule has 3 aromatic rings. The Balaban J connectivity index is 1.78. The predicted octanol–water partition coefficient (Wildman–Crippen LogP) is 3.88. The van der Waals surface area contributed by atoms with Crippen LogP contribution in [0.4, 0.5) is 20.3 Å². The predicted molar refractivity (Wildman–Crippen MR) is 104 cm³/mol. The molecule has 0 spiro atoms. The first-order valence-corrected chi connectivity index (χ1v) is 8.62. The third kappa shape index (κ3) is 4.19. The van der Waals surface area contributed by atoms with Crippen molar-refractivity contribution in [3.8, 4) is 5.75 Å². The first-order chi connectivity index (χ1) is 13.8. The van der Waals surface area contributed by atoms with Crippen LogP contribution >= 0.6 is 11.6 Å². The number of carbonyl (C=O) groups excluding carboxylic acids is 2. The summed E-state index contributed by atoms with van der Waals surface area (Å²) in [5, 5.41) is 8.52. The number of amides is 2. The molecule has 0 atom stereocenters. The van der Waals surface area contributed by atoms with Gasteiger partial charge >= 0.3 is 0 Å². The van der Waals surface area contributed by atoms with Gasteiger partial charge in [-0.05, 0) is 24.3 Å². The van der Waals surface area contributed by atoms with E-state index in [-0.39, 0.29) is 22.1 Å². The van der Waals surface area contributed by atoms with Crippen molar-refractivity contribution in [2.45, 2.75) is 0 Å². The number of hydrogen-bond donors (Lipinski definition) is 2. The van der Waals surface area contributed by atoms with Crippen LogP contribution in [0.3, 0.4) is 0 Å². The van der Waals surface area contributed by atoms with Crippen molar-refractivity contribution in [2.75, 3.05) is 24.4 Å². The van der Waals surface area contributed by atoms with Crippen LogP contribution in [0.2, 0.25) is 5.02 Å². The number of H-pyrrole nitrogens is 1. The van der Waals surface area contributed by atoms with Gasteiger partial charge in [0.05, 0.1) is 23.4 Å². The summed E-state index contributed by atoms with van der Waals surface area (Å²) in [6.07, 6.45) is 0. The normalized spacial score (nSPS) is 10.5. The molecule has 2 N–H and O–H groups in total. The van der Waals surface area contributed by atoms with Gasteiger partial charge in [0.2, 0.25) is 0 Å². The quantitative estimate of drug-likeness (QED) is 0.613. The van der Waals surface area contributed by atoms with Gasteiger partial charge in [-0.15, -0.1) is 0 Å². The molecular formula is C19H15ClF2N4O3. The maximum Gasteiger partial charge on any atom is 0.278 e. The third-order valence-electron chi connectivity index (χ3n) is 4.05. The van der Waals surface area contributed by atoms with Crippen LogP contribution in [-0.2, 0) is 0 Å². The van der Waals surface area contributed by atoms with Gasteiger partial charge in [0.1, 0.15) is 11.6 Å². The number of hydrogen-bond acceptors (Lipinski definition) is 4. The van der Waals surface area contributed by atoms with E-state index in [0.29, 0.717) is 23.6 Å². The Morgan fingerprint density at radius 2 is 1.86 bits per heavy atom. The minimum absolute atomic E-state index is 0.0186. The van der Waals surface area contributed by atoms with Crippen LogP contribution in [-0.4, -0.2) is 36.2 Å². The number of nitrogens with zero attached hydrogens (tertiary/aromatic N) is 2. The highest BCUT2D eigenvalue weighted by Crippen LogP contribution is 2.28. The van der Waals surface area contributed by atoms with Crippen LogP contribution in [0, 0.1) is 11.6 Å². The Labute approximate surface area is 169 Å². The number of aromatic nitrogens is 2. The Kier molecular flexibility index (Phi) is 5.79. The Morgan fingerprint density at radius 1 is 1.17 bits per heavy atom. The average molecular weight is 421 g/mol. The first-order valence-electron chi connectivity index (χ1n) is 8.24. The molecule has 0 aliphatic heterocycles. The monoisotopic (exact) mass is 420 g/mol. The molecule has 150 valence electrons. The maximum absolute atomic E-state index is 13.4. The van der Waals surface area contributed by atoms with Crippen LogP contribution in [0.1, 0.15) is 20.8 Å². The number of methoxy groups -OCH3 is 1. The van der Waals surface area contributed by atoms with Gasteiger partial charge in [0.15, 0.2) is 17.3 Å². The van der Waals surface area contributed by atoms with Crippen LogP contribution in [0.15, 0.2) is 42.5 Å². The summed E-state index contributed by atoms with van der Waals surface area (Å²) in [4.78, 5) is 26.3. The van der Waals surface area contributed by atoms with Crippen molar-refractivity contribution in [3.63, 3.8) is 0 Å². The number of nitrogens with one attached hydrogen (secondary N) is 2. The summed E-state index contributed by atoms with van der Waals surface area (Å²) in [7, 11) is 3.04. The number of carbonyl (C=O) groups is 2. The number of halogens is 3. The van der Waals surface area contributed by atoms with E-state index in [0.717, 1.165) is 0 Å². The minimum Gasteiger partial charge on any atom is -0.495 e. The van der Waals surface area contributed by atoms with E-state index in [9.17, 15) is 18.4 Å². The zero-order chi connectivity index (χ0) is 21.1. The Bertz CT molecular complexity index is 1090. The van der Waals surface area contributed by atoms with Gasteiger partial charge in [0, 0.05) is 13.1 Å². The van der Waals surface area contributed by atoms with Gasteiger partial charge in [-0.2, -0.15) is 5.10 Å². The van der Waals surface area contributed by atoms with E-state index >= 15 is 0 Å². The molecule has 0 saturated carbocycles. The Hall–Kier alpha value is -3.46. The van der Waals surface area contributed by atoms with E-state index in [4.69, 9.17) is 16.3 Å². The largest absolute Gasteiger partial charge is 0.495 e. The zero-order valence-corrected chi connectivity index (χ0v) is 16.1. The van der Waals surface area contributed by atoms with Gasteiger partial charge in [0.25, 0.3) is 11.8 Å². The molecule has 0 unspecified atom stereocenters. The van der Waals surface area contributed by atoms with Gasteiger partial charge in [-0.25, -0.2) is 8.78 Å². The lowest BCUT2D eigenvalue weighted by Gasteiger charge is -2.18. The zero-order valence-electron chi connectivity index (χ0n) is 15.3. The number of ether oxygens (including phenoxy) is 1. The fourth-order valence-corrected chi connectivity index (χ4v) is 2.81. The molecule has 7 nitrogen and oxygen atoms in total. The third-order valence-corrected chi connectivity index (χ3v) is 4.36. The molecule has 3 rings (SSSR count). The molecule has 0 bridgehead atoms. The fourth-order valence-electron chi connectivity index (χ4n) is 2.57. The molecule has 1 aromatic heterocycles. The summed E-state index contributed by atoms with van der Waals surface area (Å²) in [6, 6.07) is 9.63. The highest BCUT2D eigenvalue weighted by molar-refractivity contribution is 6.34. The second-order valence-corrected chi connectivity index (χ2v) is 6.31. The highest BCUT2D eigenvalue weighted by atomic mass is 35.5. The SMILES string of the molecule is COc1ccccc1N(C)C(=O)c1cc(NC(=O)c2cc(F)c(F)cc2Cl)[nH]n1. The smallest absolute Gasteiger partial charge is 0.278 e. The van der Waals surface area contributed by atoms with Crippen LogP contribution in [0.5, 0.6) is 5.75 Å². The number of benzene rings is 2. The van der Waals surface area contributed by atoms with Crippen molar-refractivity contribution >= 4 is 34.9 Å². The number of para-hydroxylation sites is 2. The molecule has 0 radical (unpaired) electrons. The van der Waals surface area contributed by atoms with Gasteiger partial charge in [-0.3, -0.25) is 14.7 Å². The van der Waals surface area contributed by atoms with E-state index in [2.05, 4.69) is 15.5 Å². The average Bonchev–Trinajstić information content (AvgIpc) is 3.17. The number of anilines is 2. The second-order valence-electron chi connectivity index (χ2n) is 5.90. The van der Waals surface area contributed by atoms with E-state index < -0.39 is 23.4 Å². The molecule has 29 heavy (non-hydrogen) atoms. The summed E-state index contributed by atoms with van der Waals surface area (Å²) >= 11 is 5.79. The summed E-state index contributed by atoms with van der Waals surface area (Å²) in [6.45, 7) is 0. The number of aromatic amines is 1. The van der Waals surface area contributed by atoms with E-state index in [1.807, 2.05) is 0 Å². The maximum atomic E-state index is 13.4. The molecule has 0 aliphatic rings. The minimum atomic E-state index is -1.21. The molecule has 0 aliphatic carbocycles. The van der Waals surface area contributed by atoms with E-state index in [1.54, 1.807) is 31.3 Å². The molecule has 0 fully saturated rings. The lowest BCUT2D eigenvalue weighted by molar-refractivity contribution is 0.0985. The topological polar surface area (TPSA) is 87.3 Å². The van der Waals surface area contributed by atoms with Crippen molar-refractivity contribution < 1.29 is 23.1 Å². The van der Waals surface area contributed by atoms with Crippen molar-refractivity contribution in [1.29, 1.82) is 0 Å². The fraction of sp³-hybridized carbons (Fsp3) is 0.105. The standard InChI is InChI=1S/C19H15ClF2N4O3/c1-26(15-5-3-4-6-16(15)29-2)19(28)14-9-17(25-24-14)23-18(27)10-7-12(21)13(22)8-11(10)20/h3-9H,1-2H3,(H2,23,24,25,27). The van der Waals surface area contributed by atoms with Crippen molar-refractivity contribution in [2.24, 2.45) is 0 Å². The second kappa shape index (κ2) is 8.27. The van der Waals surface area contributed by atoms with Gasteiger partial charge < -0.3 is 15.0 Å². The highest BCUT2D eigenvalue weighted by Gasteiger charge is 2.21. The molecule has 1 heterocycles. The number of rotatable bonds is 5. The lowest BCUT2D eigenvalue weighted by atomic mass is 10.2. The lowest BCUT2D eigenvalue weighted by Crippen LogP contribution is -2.27. The first kappa shape index (κ1) is 20.3. The van der Waals surface area contributed by atoms with Crippen molar-refractivity contribution in [3.05, 3.63) is 70.4 Å². The van der Waals surface area contributed by atoms with E-state index in [1.165, 1.54) is 18.1 Å². The summed E-state index contributed by atoms with van der Waals surface area (Å²) in [5.74, 6) is -3.06. The summed E-state index contributed by atoms with van der Waals surface area (Å²) in [5.41, 5.74) is 0.284. The van der Waals surface area contributed by atoms with Crippen LogP contribution < -0.4 is 15.0 Å². The Morgan fingerprint density at radius 3 is 2.59 bits per heavy atom.